The summed E-state index contributed by atoms with van der Waals surface area (Å²) in [7, 11) is 0. The molecular formula is C12H10Cl2N2S. The maximum Gasteiger partial charge on any atom is 0.192 e. The monoisotopic (exact) mass is 284 g/mol. The van der Waals surface area contributed by atoms with Crippen molar-refractivity contribution < 1.29 is 0 Å². The molecule has 0 N–H and O–H groups in total. The molecule has 0 saturated heterocycles. The fraction of sp³-hybridized carbons (Fsp3) is 0.167. The van der Waals surface area contributed by atoms with Gasteiger partial charge in [-0.2, -0.15) is 0 Å². The summed E-state index contributed by atoms with van der Waals surface area (Å²) in [6, 6.07) is 5.52. The molecule has 0 aliphatic heterocycles. The van der Waals surface area contributed by atoms with E-state index in [1.54, 1.807) is 6.07 Å². The molecule has 5 heteroatoms. The van der Waals surface area contributed by atoms with Gasteiger partial charge < -0.3 is 0 Å². The first kappa shape index (κ1) is 12.7. The second kappa shape index (κ2) is 5.25. The van der Waals surface area contributed by atoms with E-state index in [1.165, 1.54) is 11.8 Å². The van der Waals surface area contributed by atoms with Gasteiger partial charge in [0.2, 0.25) is 0 Å². The number of hydrogen-bond acceptors (Lipinski definition) is 3. The van der Waals surface area contributed by atoms with Crippen molar-refractivity contribution in [3.8, 4) is 0 Å². The molecule has 0 atom stereocenters. The van der Waals surface area contributed by atoms with Crippen molar-refractivity contribution in [2.75, 3.05) is 0 Å². The van der Waals surface area contributed by atoms with E-state index in [1.807, 2.05) is 32.2 Å². The summed E-state index contributed by atoms with van der Waals surface area (Å²) in [6.45, 7) is 3.94. The SMILES string of the molecule is Cc1cnc(Sc2cccc(Cl)c2Cl)nc1C. The van der Waals surface area contributed by atoms with Crippen LogP contribution < -0.4 is 0 Å². The molecule has 0 aliphatic rings. The van der Waals surface area contributed by atoms with E-state index in [2.05, 4.69) is 9.97 Å². The van der Waals surface area contributed by atoms with Crippen LogP contribution in [0.5, 0.6) is 0 Å². The lowest BCUT2D eigenvalue weighted by atomic mass is 10.3. The van der Waals surface area contributed by atoms with Gasteiger partial charge in [0.15, 0.2) is 5.16 Å². The lowest BCUT2D eigenvalue weighted by molar-refractivity contribution is 0.913. The highest BCUT2D eigenvalue weighted by Gasteiger charge is 2.08. The van der Waals surface area contributed by atoms with Crippen LogP contribution in [0.2, 0.25) is 10.0 Å². The molecule has 0 spiro atoms. The fourth-order valence-corrected chi connectivity index (χ4v) is 2.52. The standard InChI is InChI=1S/C12H10Cl2N2S/c1-7-6-15-12(16-8(7)2)17-10-5-3-4-9(13)11(10)14/h3-6H,1-2H3. The molecule has 0 aliphatic carbocycles. The van der Waals surface area contributed by atoms with Crippen molar-refractivity contribution in [2.45, 2.75) is 23.9 Å². The first-order chi connectivity index (χ1) is 8.08. The molecule has 1 heterocycles. The zero-order valence-electron chi connectivity index (χ0n) is 9.37. The van der Waals surface area contributed by atoms with Gasteiger partial charge in [0.25, 0.3) is 0 Å². The zero-order chi connectivity index (χ0) is 12.4. The minimum atomic E-state index is 0.542. The third kappa shape index (κ3) is 2.92. The Bertz CT molecular complexity index is 558. The summed E-state index contributed by atoms with van der Waals surface area (Å²) >= 11 is 13.5. The van der Waals surface area contributed by atoms with Gasteiger partial charge in [-0.05, 0) is 43.3 Å². The van der Waals surface area contributed by atoms with Gasteiger partial charge in [-0.25, -0.2) is 9.97 Å². The Morgan fingerprint density at radius 1 is 1.18 bits per heavy atom. The number of aryl methyl sites for hydroxylation is 2. The number of halogens is 2. The van der Waals surface area contributed by atoms with Crippen LogP contribution in [-0.2, 0) is 0 Å². The molecule has 0 saturated carbocycles. The molecule has 17 heavy (non-hydrogen) atoms. The third-order valence-corrected chi connectivity index (χ3v) is 4.19. The molecule has 0 amide bonds. The maximum absolute atomic E-state index is 6.11. The average molecular weight is 285 g/mol. The van der Waals surface area contributed by atoms with E-state index >= 15 is 0 Å². The number of nitrogens with zero attached hydrogens (tertiary/aromatic N) is 2. The molecule has 1 aromatic carbocycles. The highest BCUT2D eigenvalue weighted by atomic mass is 35.5. The second-order valence-corrected chi connectivity index (χ2v) is 5.37. The summed E-state index contributed by atoms with van der Waals surface area (Å²) in [4.78, 5) is 9.51. The van der Waals surface area contributed by atoms with Gasteiger partial charge in [-0.15, -0.1) is 0 Å². The largest absolute Gasteiger partial charge is 0.231 e. The second-order valence-electron chi connectivity index (χ2n) is 3.58. The normalized spacial score (nSPS) is 10.6. The fourth-order valence-electron chi connectivity index (χ4n) is 1.22. The summed E-state index contributed by atoms with van der Waals surface area (Å²) in [5.74, 6) is 0. The summed E-state index contributed by atoms with van der Waals surface area (Å²) < 4.78 is 0. The molecule has 2 rings (SSSR count). The van der Waals surface area contributed by atoms with Crippen LogP contribution in [0, 0.1) is 13.8 Å². The molecule has 2 nitrogen and oxygen atoms in total. The number of hydrogen-bond donors (Lipinski definition) is 0. The topological polar surface area (TPSA) is 25.8 Å². The molecular weight excluding hydrogens is 275 g/mol. The third-order valence-electron chi connectivity index (χ3n) is 2.32. The number of aromatic nitrogens is 2. The van der Waals surface area contributed by atoms with Crippen LogP contribution >= 0.6 is 35.0 Å². The summed E-state index contributed by atoms with van der Waals surface area (Å²) in [6.07, 6.45) is 1.81. The molecule has 0 fully saturated rings. The Morgan fingerprint density at radius 2 is 1.94 bits per heavy atom. The van der Waals surface area contributed by atoms with Crippen LogP contribution in [0.4, 0.5) is 0 Å². The Hall–Kier alpha value is -0.770. The predicted molar refractivity (Wildman–Crippen MR) is 72.1 cm³/mol. The van der Waals surface area contributed by atoms with Crippen LogP contribution in [0.1, 0.15) is 11.3 Å². The van der Waals surface area contributed by atoms with Gasteiger partial charge in [0.1, 0.15) is 0 Å². The minimum absolute atomic E-state index is 0.542. The van der Waals surface area contributed by atoms with E-state index in [9.17, 15) is 0 Å². The van der Waals surface area contributed by atoms with E-state index < -0.39 is 0 Å². The van der Waals surface area contributed by atoms with Crippen molar-refractivity contribution in [3.63, 3.8) is 0 Å². The first-order valence-corrected chi connectivity index (χ1v) is 6.57. The van der Waals surface area contributed by atoms with Crippen LogP contribution in [-0.4, -0.2) is 9.97 Å². The Balaban J connectivity index is 2.31. The lowest BCUT2D eigenvalue weighted by Gasteiger charge is -2.05. The minimum Gasteiger partial charge on any atom is -0.231 e. The van der Waals surface area contributed by atoms with E-state index in [0.29, 0.717) is 15.2 Å². The summed E-state index contributed by atoms with van der Waals surface area (Å²) in [5.41, 5.74) is 2.05. The Labute approximate surface area is 114 Å². The Kier molecular flexibility index (Phi) is 3.92. The molecule has 2 aromatic rings. The highest BCUT2D eigenvalue weighted by molar-refractivity contribution is 7.99. The maximum atomic E-state index is 6.11. The lowest BCUT2D eigenvalue weighted by Crippen LogP contribution is -1.92. The van der Waals surface area contributed by atoms with E-state index in [0.717, 1.165) is 16.2 Å². The van der Waals surface area contributed by atoms with E-state index in [4.69, 9.17) is 23.2 Å². The van der Waals surface area contributed by atoms with Crippen LogP contribution in [0.25, 0.3) is 0 Å². The van der Waals surface area contributed by atoms with Gasteiger partial charge in [-0.1, -0.05) is 29.3 Å². The zero-order valence-corrected chi connectivity index (χ0v) is 11.7. The van der Waals surface area contributed by atoms with Crippen molar-refractivity contribution in [1.82, 2.24) is 9.97 Å². The highest BCUT2D eigenvalue weighted by Crippen LogP contribution is 2.35. The quantitative estimate of drug-likeness (QED) is 0.757. The van der Waals surface area contributed by atoms with E-state index in [-0.39, 0.29) is 0 Å². The molecule has 0 bridgehead atoms. The molecule has 88 valence electrons. The van der Waals surface area contributed by atoms with Crippen molar-refractivity contribution >= 4 is 35.0 Å². The molecule has 0 radical (unpaired) electrons. The van der Waals surface area contributed by atoms with Crippen molar-refractivity contribution in [3.05, 3.63) is 45.7 Å². The van der Waals surface area contributed by atoms with Gasteiger partial charge in [-0.3, -0.25) is 0 Å². The number of benzene rings is 1. The van der Waals surface area contributed by atoms with Gasteiger partial charge in [0.05, 0.1) is 10.0 Å². The van der Waals surface area contributed by atoms with Gasteiger partial charge >= 0.3 is 0 Å². The molecule has 1 aromatic heterocycles. The first-order valence-electron chi connectivity index (χ1n) is 5.00. The van der Waals surface area contributed by atoms with Crippen molar-refractivity contribution in [2.24, 2.45) is 0 Å². The molecule has 0 unspecified atom stereocenters. The van der Waals surface area contributed by atoms with Gasteiger partial charge in [0, 0.05) is 16.8 Å². The smallest absolute Gasteiger partial charge is 0.192 e. The van der Waals surface area contributed by atoms with Crippen LogP contribution in [0.15, 0.2) is 34.4 Å². The summed E-state index contributed by atoms with van der Waals surface area (Å²) in [5, 5.41) is 1.76. The van der Waals surface area contributed by atoms with Crippen molar-refractivity contribution in [1.29, 1.82) is 0 Å². The Morgan fingerprint density at radius 3 is 2.65 bits per heavy atom. The van der Waals surface area contributed by atoms with Crippen LogP contribution in [0.3, 0.4) is 0 Å². The number of rotatable bonds is 2. The average Bonchev–Trinajstić information content (AvgIpc) is 2.30. The predicted octanol–water partition coefficient (Wildman–Crippen LogP) is 4.55.